The molecule has 1 aromatic heterocycles. The third-order valence-electron chi connectivity index (χ3n) is 8.74. The summed E-state index contributed by atoms with van der Waals surface area (Å²) in [6.07, 6.45) is 3.68. The summed E-state index contributed by atoms with van der Waals surface area (Å²) in [7, 11) is 2.11. The molecule has 41 heavy (non-hydrogen) atoms. The molecule has 0 saturated carbocycles. The van der Waals surface area contributed by atoms with Gasteiger partial charge in [-0.1, -0.05) is 13.0 Å². The average molecular weight is 568 g/mol. The lowest BCUT2D eigenvalue weighted by Gasteiger charge is -2.44. The summed E-state index contributed by atoms with van der Waals surface area (Å²) in [6.45, 7) is 12.9. The maximum Gasteiger partial charge on any atom is 0.227 e. The third kappa shape index (κ3) is 5.87. The highest BCUT2D eigenvalue weighted by Crippen LogP contribution is 2.43. The zero-order chi connectivity index (χ0) is 29.6. The standard InChI is InChI=1S/C32H40F3N5O/c1-8-18(2)40-17-32(5,6)41-30-26(34)13-22(14-28(30)40)29-27(35)16-36-31(38-29)37-23-9-10-24(25(33)15-23)21-11-19(3)39(7)20(4)12-21/h9-10,13-16,18-21H,8,11-12,17H2,1-7H3,(H,36,37,38). The van der Waals surface area contributed by atoms with Crippen LogP contribution >= 0.6 is 0 Å². The lowest BCUT2D eigenvalue weighted by atomic mass is 9.82. The van der Waals surface area contributed by atoms with Crippen LogP contribution in [0.1, 0.15) is 72.3 Å². The van der Waals surface area contributed by atoms with Gasteiger partial charge in [-0.25, -0.2) is 23.1 Å². The Labute approximate surface area is 240 Å². The van der Waals surface area contributed by atoms with Crippen molar-refractivity contribution < 1.29 is 17.9 Å². The highest BCUT2D eigenvalue weighted by Gasteiger charge is 2.36. The van der Waals surface area contributed by atoms with E-state index in [1.54, 1.807) is 18.2 Å². The number of benzene rings is 2. The average Bonchev–Trinajstić information content (AvgIpc) is 2.91. The number of aromatic nitrogens is 2. The number of fused-ring (bicyclic) bond motifs is 1. The van der Waals surface area contributed by atoms with Crippen LogP contribution in [0.15, 0.2) is 36.5 Å². The van der Waals surface area contributed by atoms with Crippen LogP contribution in [-0.4, -0.2) is 52.2 Å². The number of piperidine rings is 1. The number of likely N-dealkylation sites (tertiary alicyclic amines) is 1. The Morgan fingerprint density at radius 1 is 1.05 bits per heavy atom. The minimum absolute atomic E-state index is 0.0514. The Hall–Kier alpha value is -3.33. The first-order chi connectivity index (χ1) is 19.4. The van der Waals surface area contributed by atoms with E-state index in [1.165, 1.54) is 12.1 Å². The molecule has 3 atom stereocenters. The number of hydrogen-bond donors (Lipinski definition) is 1. The molecular formula is C32H40F3N5O. The molecule has 6 nitrogen and oxygen atoms in total. The van der Waals surface area contributed by atoms with Crippen molar-refractivity contribution in [2.75, 3.05) is 23.8 Å². The molecule has 220 valence electrons. The van der Waals surface area contributed by atoms with Crippen molar-refractivity contribution in [3.63, 3.8) is 0 Å². The van der Waals surface area contributed by atoms with Crippen molar-refractivity contribution in [3.05, 3.63) is 59.5 Å². The monoisotopic (exact) mass is 567 g/mol. The van der Waals surface area contributed by atoms with Gasteiger partial charge >= 0.3 is 0 Å². The van der Waals surface area contributed by atoms with Crippen molar-refractivity contribution >= 4 is 17.3 Å². The van der Waals surface area contributed by atoms with E-state index in [-0.39, 0.29) is 40.7 Å². The second kappa shape index (κ2) is 11.2. The quantitative estimate of drug-likeness (QED) is 0.330. The maximum absolute atomic E-state index is 15.4. The van der Waals surface area contributed by atoms with Gasteiger partial charge in [-0.3, -0.25) is 0 Å². The van der Waals surface area contributed by atoms with Gasteiger partial charge in [0.15, 0.2) is 17.4 Å². The van der Waals surface area contributed by atoms with Crippen LogP contribution in [0.2, 0.25) is 0 Å². The van der Waals surface area contributed by atoms with E-state index in [9.17, 15) is 0 Å². The topological polar surface area (TPSA) is 53.5 Å². The Morgan fingerprint density at radius 2 is 1.76 bits per heavy atom. The van der Waals surface area contributed by atoms with E-state index in [2.05, 4.69) is 59.8 Å². The van der Waals surface area contributed by atoms with Crippen LogP contribution in [0, 0.1) is 17.5 Å². The minimum Gasteiger partial charge on any atom is -0.481 e. The van der Waals surface area contributed by atoms with Crippen LogP contribution in [0.25, 0.3) is 11.3 Å². The first kappa shape index (κ1) is 29.2. The Balaban J connectivity index is 1.43. The molecule has 3 unspecified atom stereocenters. The van der Waals surface area contributed by atoms with Crippen molar-refractivity contribution in [2.24, 2.45) is 0 Å². The fourth-order valence-corrected chi connectivity index (χ4v) is 6.08. The number of halogens is 3. The minimum atomic E-state index is -0.686. The zero-order valence-electron chi connectivity index (χ0n) is 24.9. The summed E-state index contributed by atoms with van der Waals surface area (Å²) in [5.74, 6) is -1.18. The summed E-state index contributed by atoms with van der Waals surface area (Å²) in [5, 5.41) is 2.99. The molecule has 0 aliphatic carbocycles. The van der Waals surface area contributed by atoms with Crippen LogP contribution in [0.5, 0.6) is 5.75 Å². The SMILES string of the molecule is CCC(C)N1CC(C)(C)Oc2c(F)cc(-c3nc(Nc4ccc(C5CC(C)N(C)C(C)C5)c(F)c4)ncc3F)cc21. The molecule has 0 radical (unpaired) electrons. The second-order valence-electron chi connectivity index (χ2n) is 12.3. The van der Waals surface area contributed by atoms with Gasteiger partial charge in [0.2, 0.25) is 5.95 Å². The Morgan fingerprint density at radius 3 is 2.41 bits per heavy atom. The molecule has 0 amide bonds. The molecule has 2 aliphatic rings. The smallest absolute Gasteiger partial charge is 0.227 e. The molecule has 0 bridgehead atoms. The van der Waals surface area contributed by atoms with Crippen LogP contribution < -0.4 is 15.0 Å². The van der Waals surface area contributed by atoms with E-state index in [0.29, 0.717) is 35.6 Å². The summed E-state index contributed by atoms with van der Waals surface area (Å²) < 4.78 is 51.7. The summed E-state index contributed by atoms with van der Waals surface area (Å²) in [4.78, 5) is 12.9. The Kier molecular flexibility index (Phi) is 7.94. The molecule has 2 aliphatic heterocycles. The number of anilines is 3. The van der Waals surface area contributed by atoms with Crippen molar-refractivity contribution in [3.8, 4) is 17.0 Å². The number of nitrogens with zero attached hydrogens (tertiary/aromatic N) is 4. The molecule has 2 aromatic carbocycles. The van der Waals surface area contributed by atoms with E-state index >= 15 is 13.2 Å². The number of hydrogen-bond acceptors (Lipinski definition) is 6. The normalized spacial score (nSPS) is 23.1. The van der Waals surface area contributed by atoms with E-state index in [4.69, 9.17) is 4.74 Å². The van der Waals surface area contributed by atoms with Gasteiger partial charge in [0.25, 0.3) is 0 Å². The zero-order valence-corrected chi connectivity index (χ0v) is 24.9. The van der Waals surface area contributed by atoms with Crippen molar-refractivity contribution in [1.29, 1.82) is 0 Å². The van der Waals surface area contributed by atoms with Gasteiger partial charge in [-0.2, -0.15) is 0 Å². The number of ether oxygens (including phenoxy) is 1. The molecule has 1 N–H and O–H groups in total. The summed E-state index contributed by atoms with van der Waals surface area (Å²) in [6, 6.07) is 8.85. The summed E-state index contributed by atoms with van der Waals surface area (Å²) >= 11 is 0. The van der Waals surface area contributed by atoms with Crippen molar-refractivity contribution in [1.82, 2.24) is 14.9 Å². The number of rotatable bonds is 6. The molecule has 9 heteroatoms. The molecular weight excluding hydrogens is 527 g/mol. The van der Waals surface area contributed by atoms with Crippen LogP contribution in [-0.2, 0) is 0 Å². The highest BCUT2D eigenvalue weighted by atomic mass is 19.1. The molecule has 1 saturated heterocycles. The maximum atomic E-state index is 15.4. The van der Waals surface area contributed by atoms with E-state index < -0.39 is 17.2 Å². The lowest BCUT2D eigenvalue weighted by molar-refractivity contribution is 0.0960. The largest absolute Gasteiger partial charge is 0.481 e. The predicted molar refractivity (Wildman–Crippen MR) is 158 cm³/mol. The fraction of sp³-hybridized carbons (Fsp3) is 0.500. The highest BCUT2D eigenvalue weighted by molar-refractivity contribution is 5.73. The van der Waals surface area contributed by atoms with Crippen LogP contribution in [0.3, 0.4) is 0 Å². The number of nitrogens with one attached hydrogen (secondary N) is 1. The summed E-state index contributed by atoms with van der Waals surface area (Å²) in [5.41, 5.74) is 1.36. The molecule has 0 spiro atoms. The van der Waals surface area contributed by atoms with E-state index in [1.807, 2.05) is 13.8 Å². The first-order valence-corrected chi connectivity index (χ1v) is 14.5. The molecule has 1 fully saturated rings. The van der Waals surface area contributed by atoms with Crippen LogP contribution in [0.4, 0.5) is 30.5 Å². The first-order valence-electron chi connectivity index (χ1n) is 14.5. The van der Waals surface area contributed by atoms with Gasteiger partial charge in [0.1, 0.15) is 17.1 Å². The van der Waals surface area contributed by atoms with Gasteiger partial charge in [-0.15, -0.1) is 0 Å². The second-order valence-corrected chi connectivity index (χ2v) is 12.3. The van der Waals surface area contributed by atoms with Crippen molar-refractivity contribution in [2.45, 2.75) is 90.4 Å². The lowest BCUT2D eigenvalue weighted by Crippen LogP contribution is -2.50. The van der Waals surface area contributed by atoms with Gasteiger partial charge in [-0.05, 0) is 96.7 Å². The Bertz CT molecular complexity index is 1420. The molecule has 3 aromatic rings. The fourth-order valence-electron chi connectivity index (χ4n) is 6.08. The molecule has 3 heterocycles. The van der Waals surface area contributed by atoms with Gasteiger partial charge in [0, 0.05) is 29.4 Å². The van der Waals surface area contributed by atoms with Gasteiger partial charge in [0.05, 0.1) is 18.4 Å². The predicted octanol–water partition coefficient (Wildman–Crippen LogP) is 7.67. The van der Waals surface area contributed by atoms with Gasteiger partial charge < -0.3 is 19.9 Å². The van der Waals surface area contributed by atoms with E-state index in [0.717, 1.165) is 25.5 Å². The third-order valence-corrected chi connectivity index (χ3v) is 8.74. The molecule has 5 rings (SSSR count).